The molecule has 0 amide bonds. The molecule has 18 heavy (non-hydrogen) atoms. The number of aromatic nitrogens is 2. The van der Waals surface area contributed by atoms with Gasteiger partial charge >= 0.3 is 0 Å². The third kappa shape index (κ3) is 2.65. The van der Waals surface area contributed by atoms with Crippen molar-refractivity contribution in [3.63, 3.8) is 0 Å². The minimum Gasteiger partial charge on any atom is -0.497 e. The molecule has 4 heteroatoms. The van der Waals surface area contributed by atoms with E-state index < -0.39 is 0 Å². The van der Waals surface area contributed by atoms with Crippen LogP contribution < -0.4 is 10.5 Å². The molecule has 0 fully saturated rings. The molecular formula is C14H17N3O. The minimum atomic E-state index is 0.170. The average molecular weight is 243 g/mol. The fraction of sp³-hybridized carbons (Fsp3) is 0.286. The summed E-state index contributed by atoms with van der Waals surface area (Å²) >= 11 is 0. The van der Waals surface area contributed by atoms with E-state index in [-0.39, 0.29) is 5.92 Å². The Morgan fingerprint density at radius 1 is 1.22 bits per heavy atom. The second kappa shape index (κ2) is 5.60. The highest BCUT2D eigenvalue weighted by Crippen LogP contribution is 2.21. The van der Waals surface area contributed by atoms with Crippen molar-refractivity contribution in [3.8, 4) is 17.0 Å². The van der Waals surface area contributed by atoms with Gasteiger partial charge in [0, 0.05) is 24.2 Å². The number of methoxy groups -OCH3 is 1. The molecule has 1 aromatic heterocycles. The van der Waals surface area contributed by atoms with Crippen molar-refractivity contribution in [1.29, 1.82) is 0 Å². The summed E-state index contributed by atoms with van der Waals surface area (Å²) in [5.74, 6) is 1.79. The van der Waals surface area contributed by atoms with E-state index in [0.29, 0.717) is 6.54 Å². The van der Waals surface area contributed by atoms with Gasteiger partial charge in [-0.2, -0.15) is 0 Å². The number of nitrogens with two attached hydrogens (primary N) is 1. The number of benzene rings is 1. The van der Waals surface area contributed by atoms with Crippen LogP contribution in [0.2, 0.25) is 0 Å². The van der Waals surface area contributed by atoms with Crippen molar-refractivity contribution < 1.29 is 4.74 Å². The van der Waals surface area contributed by atoms with Gasteiger partial charge in [0.1, 0.15) is 11.6 Å². The minimum absolute atomic E-state index is 0.170. The van der Waals surface area contributed by atoms with Gasteiger partial charge in [0.2, 0.25) is 0 Å². The lowest BCUT2D eigenvalue weighted by molar-refractivity contribution is 0.415. The van der Waals surface area contributed by atoms with Crippen LogP contribution in [-0.4, -0.2) is 23.6 Å². The van der Waals surface area contributed by atoms with Gasteiger partial charge in [-0.25, -0.2) is 9.97 Å². The van der Waals surface area contributed by atoms with Crippen molar-refractivity contribution in [3.05, 3.63) is 42.4 Å². The van der Waals surface area contributed by atoms with E-state index in [9.17, 15) is 0 Å². The number of nitrogens with zero attached hydrogens (tertiary/aromatic N) is 2. The average Bonchev–Trinajstić information content (AvgIpc) is 2.46. The number of ether oxygens (including phenoxy) is 1. The molecule has 0 spiro atoms. The van der Waals surface area contributed by atoms with Gasteiger partial charge in [0.25, 0.3) is 0 Å². The normalized spacial score (nSPS) is 12.2. The molecular weight excluding hydrogens is 226 g/mol. The van der Waals surface area contributed by atoms with Gasteiger partial charge in [-0.15, -0.1) is 0 Å². The van der Waals surface area contributed by atoms with Crippen LogP contribution in [0, 0.1) is 0 Å². The van der Waals surface area contributed by atoms with Crippen LogP contribution in [0.1, 0.15) is 18.7 Å². The molecule has 0 aliphatic carbocycles. The van der Waals surface area contributed by atoms with E-state index in [0.717, 1.165) is 22.8 Å². The summed E-state index contributed by atoms with van der Waals surface area (Å²) in [5, 5.41) is 0. The Bertz CT molecular complexity index is 511. The highest BCUT2D eigenvalue weighted by atomic mass is 16.5. The zero-order valence-corrected chi connectivity index (χ0v) is 10.6. The molecule has 0 bridgehead atoms. The van der Waals surface area contributed by atoms with Crippen LogP contribution in [0.5, 0.6) is 5.75 Å². The Balaban J connectivity index is 2.32. The Kier molecular flexibility index (Phi) is 3.89. The summed E-state index contributed by atoms with van der Waals surface area (Å²) in [5.41, 5.74) is 7.58. The summed E-state index contributed by atoms with van der Waals surface area (Å²) in [7, 11) is 1.65. The molecule has 1 unspecified atom stereocenters. The molecule has 0 saturated carbocycles. The largest absolute Gasteiger partial charge is 0.497 e. The lowest BCUT2D eigenvalue weighted by Crippen LogP contribution is -2.12. The quantitative estimate of drug-likeness (QED) is 0.894. The molecule has 1 aromatic carbocycles. The van der Waals surface area contributed by atoms with E-state index in [1.165, 1.54) is 0 Å². The van der Waals surface area contributed by atoms with Crippen LogP contribution in [0.3, 0.4) is 0 Å². The van der Waals surface area contributed by atoms with Crippen molar-refractivity contribution in [2.24, 2.45) is 5.73 Å². The number of hydrogen-bond donors (Lipinski definition) is 1. The molecule has 2 aromatic rings. The van der Waals surface area contributed by atoms with Crippen LogP contribution in [0.4, 0.5) is 0 Å². The van der Waals surface area contributed by atoms with E-state index >= 15 is 0 Å². The molecule has 0 aliphatic heterocycles. The second-order valence-electron chi connectivity index (χ2n) is 4.17. The lowest BCUT2D eigenvalue weighted by Gasteiger charge is -2.08. The Labute approximate surface area is 107 Å². The highest BCUT2D eigenvalue weighted by Gasteiger charge is 2.08. The van der Waals surface area contributed by atoms with Crippen LogP contribution >= 0.6 is 0 Å². The van der Waals surface area contributed by atoms with Gasteiger partial charge in [-0.3, -0.25) is 0 Å². The third-order valence-electron chi connectivity index (χ3n) is 2.85. The zero-order chi connectivity index (χ0) is 13.0. The molecule has 0 saturated heterocycles. The first-order valence-corrected chi connectivity index (χ1v) is 5.92. The second-order valence-corrected chi connectivity index (χ2v) is 4.17. The summed E-state index contributed by atoms with van der Waals surface area (Å²) in [6.07, 6.45) is 1.77. The van der Waals surface area contributed by atoms with E-state index in [4.69, 9.17) is 10.5 Å². The van der Waals surface area contributed by atoms with Gasteiger partial charge in [0.05, 0.1) is 12.8 Å². The Morgan fingerprint density at radius 3 is 2.56 bits per heavy atom. The van der Waals surface area contributed by atoms with Crippen LogP contribution in [0.15, 0.2) is 36.5 Å². The Morgan fingerprint density at radius 2 is 1.94 bits per heavy atom. The first kappa shape index (κ1) is 12.5. The van der Waals surface area contributed by atoms with Crippen molar-refractivity contribution in [1.82, 2.24) is 9.97 Å². The van der Waals surface area contributed by atoms with E-state index in [1.54, 1.807) is 13.3 Å². The van der Waals surface area contributed by atoms with Gasteiger partial charge in [-0.05, 0) is 30.3 Å². The summed E-state index contributed by atoms with van der Waals surface area (Å²) in [6.45, 7) is 2.57. The predicted molar refractivity (Wildman–Crippen MR) is 71.5 cm³/mol. The van der Waals surface area contributed by atoms with E-state index in [1.807, 2.05) is 37.3 Å². The number of rotatable bonds is 4. The summed E-state index contributed by atoms with van der Waals surface area (Å²) in [4.78, 5) is 8.79. The maximum absolute atomic E-state index is 5.63. The van der Waals surface area contributed by atoms with Crippen molar-refractivity contribution in [2.45, 2.75) is 12.8 Å². The molecule has 0 radical (unpaired) electrons. The van der Waals surface area contributed by atoms with Crippen molar-refractivity contribution in [2.75, 3.05) is 13.7 Å². The lowest BCUT2D eigenvalue weighted by atomic mass is 10.1. The van der Waals surface area contributed by atoms with E-state index in [2.05, 4.69) is 9.97 Å². The molecule has 1 atom stereocenters. The van der Waals surface area contributed by atoms with Gasteiger partial charge in [0.15, 0.2) is 0 Å². The van der Waals surface area contributed by atoms with Gasteiger partial charge in [-0.1, -0.05) is 6.92 Å². The smallest absolute Gasteiger partial charge is 0.133 e. The van der Waals surface area contributed by atoms with Crippen molar-refractivity contribution >= 4 is 0 Å². The first-order chi connectivity index (χ1) is 8.74. The molecule has 94 valence electrons. The zero-order valence-electron chi connectivity index (χ0n) is 10.6. The highest BCUT2D eigenvalue weighted by molar-refractivity contribution is 5.59. The molecule has 2 N–H and O–H groups in total. The first-order valence-electron chi connectivity index (χ1n) is 5.92. The fourth-order valence-electron chi connectivity index (χ4n) is 1.64. The fourth-order valence-corrected chi connectivity index (χ4v) is 1.64. The van der Waals surface area contributed by atoms with Crippen LogP contribution in [0.25, 0.3) is 11.3 Å². The molecule has 1 heterocycles. The van der Waals surface area contributed by atoms with Crippen LogP contribution in [-0.2, 0) is 0 Å². The predicted octanol–water partition coefficient (Wildman–Crippen LogP) is 2.21. The molecule has 2 rings (SSSR count). The van der Waals surface area contributed by atoms with Gasteiger partial charge < -0.3 is 10.5 Å². The standard InChI is InChI=1S/C14H17N3O/c1-10(9-15)14-16-8-7-13(17-14)11-3-5-12(18-2)6-4-11/h3-8,10H,9,15H2,1-2H3. The third-order valence-corrected chi connectivity index (χ3v) is 2.85. The SMILES string of the molecule is COc1ccc(-c2ccnc(C(C)CN)n2)cc1. The molecule has 0 aliphatic rings. The number of hydrogen-bond acceptors (Lipinski definition) is 4. The maximum Gasteiger partial charge on any atom is 0.133 e. The summed E-state index contributed by atoms with van der Waals surface area (Å²) < 4.78 is 5.14. The maximum atomic E-state index is 5.63. The molecule has 4 nitrogen and oxygen atoms in total. The summed E-state index contributed by atoms with van der Waals surface area (Å²) in [6, 6.07) is 9.71. The monoisotopic (exact) mass is 243 g/mol. The topological polar surface area (TPSA) is 61.0 Å². The Hall–Kier alpha value is -1.94.